The summed E-state index contributed by atoms with van der Waals surface area (Å²) in [5, 5.41) is 2.97. The number of hydrogen-bond donors (Lipinski definition) is 1. The number of carbonyl (C=O) groups excluding carboxylic acids is 1. The SMILES string of the molecule is CCOC(=O)c1cc(F)cc(S(=O)(=O)N2CCCC2CNC)c1. The molecule has 1 aromatic carbocycles. The molecule has 0 bridgehead atoms. The van der Waals surface area contributed by atoms with Gasteiger partial charge in [-0.1, -0.05) is 0 Å². The van der Waals surface area contributed by atoms with Crippen LogP contribution in [0, 0.1) is 5.82 Å². The molecular formula is C15H21FN2O4S. The molecule has 1 aliphatic heterocycles. The Morgan fingerprint density at radius 3 is 2.83 bits per heavy atom. The summed E-state index contributed by atoms with van der Waals surface area (Å²) >= 11 is 0. The van der Waals surface area contributed by atoms with Gasteiger partial charge in [0.25, 0.3) is 0 Å². The number of carbonyl (C=O) groups is 1. The molecule has 0 amide bonds. The van der Waals surface area contributed by atoms with Crippen LogP contribution in [0.2, 0.25) is 0 Å². The molecule has 6 nitrogen and oxygen atoms in total. The molecule has 0 saturated carbocycles. The molecule has 8 heteroatoms. The maximum atomic E-state index is 13.8. The van der Waals surface area contributed by atoms with Crippen LogP contribution in [0.25, 0.3) is 0 Å². The van der Waals surface area contributed by atoms with Crippen molar-refractivity contribution < 1.29 is 22.3 Å². The predicted molar refractivity (Wildman–Crippen MR) is 83.2 cm³/mol. The third-order valence-corrected chi connectivity index (χ3v) is 5.68. The molecule has 128 valence electrons. The van der Waals surface area contributed by atoms with Crippen LogP contribution in [0.5, 0.6) is 0 Å². The van der Waals surface area contributed by atoms with Crippen LogP contribution in [0.1, 0.15) is 30.1 Å². The van der Waals surface area contributed by atoms with Crippen molar-refractivity contribution in [1.82, 2.24) is 9.62 Å². The highest BCUT2D eigenvalue weighted by atomic mass is 32.2. The molecule has 1 fully saturated rings. The van der Waals surface area contributed by atoms with E-state index in [-0.39, 0.29) is 23.1 Å². The minimum absolute atomic E-state index is 0.102. The molecule has 1 heterocycles. The van der Waals surface area contributed by atoms with Gasteiger partial charge in [-0.05, 0) is 45.0 Å². The van der Waals surface area contributed by atoms with Gasteiger partial charge in [-0.25, -0.2) is 17.6 Å². The normalized spacial score (nSPS) is 19.0. The maximum Gasteiger partial charge on any atom is 0.338 e. The van der Waals surface area contributed by atoms with Crippen LogP contribution in [-0.4, -0.2) is 51.5 Å². The number of benzene rings is 1. The molecule has 1 aliphatic rings. The fourth-order valence-electron chi connectivity index (χ4n) is 2.74. The van der Waals surface area contributed by atoms with E-state index in [1.807, 2.05) is 0 Å². The van der Waals surface area contributed by atoms with Crippen molar-refractivity contribution in [1.29, 1.82) is 0 Å². The molecule has 1 atom stereocenters. The monoisotopic (exact) mass is 344 g/mol. The zero-order valence-corrected chi connectivity index (χ0v) is 14.0. The van der Waals surface area contributed by atoms with Crippen LogP contribution >= 0.6 is 0 Å². The van der Waals surface area contributed by atoms with Gasteiger partial charge in [-0.3, -0.25) is 0 Å². The lowest BCUT2D eigenvalue weighted by Gasteiger charge is -2.24. The van der Waals surface area contributed by atoms with Gasteiger partial charge in [0, 0.05) is 19.1 Å². The van der Waals surface area contributed by atoms with Crippen LogP contribution in [0.4, 0.5) is 4.39 Å². The highest BCUT2D eigenvalue weighted by molar-refractivity contribution is 7.89. The zero-order valence-electron chi connectivity index (χ0n) is 13.2. The van der Waals surface area contributed by atoms with E-state index in [1.54, 1.807) is 14.0 Å². The molecular weight excluding hydrogens is 323 g/mol. The number of nitrogens with one attached hydrogen (secondary N) is 1. The van der Waals surface area contributed by atoms with E-state index < -0.39 is 21.8 Å². The molecule has 0 aliphatic carbocycles. The summed E-state index contributed by atoms with van der Waals surface area (Å²) < 4.78 is 45.5. The standard InChI is InChI=1S/C15H21FN2O4S/c1-3-22-15(19)11-7-12(16)9-14(8-11)23(20,21)18-6-4-5-13(18)10-17-2/h7-9,13,17H,3-6,10H2,1-2H3. The topological polar surface area (TPSA) is 75.7 Å². The van der Waals surface area contributed by atoms with E-state index in [1.165, 1.54) is 10.4 Å². The second-order valence-corrected chi connectivity index (χ2v) is 7.26. The second-order valence-electron chi connectivity index (χ2n) is 5.37. The molecule has 0 aromatic heterocycles. The van der Waals surface area contributed by atoms with E-state index in [4.69, 9.17) is 4.74 Å². The Morgan fingerprint density at radius 2 is 2.17 bits per heavy atom. The molecule has 0 spiro atoms. The van der Waals surface area contributed by atoms with E-state index in [0.717, 1.165) is 25.0 Å². The summed E-state index contributed by atoms with van der Waals surface area (Å²) in [4.78, 5) is 11.5. The van der Waals surface area contributed by atoms with Crippen LogP contribution in [0.15, 0.2) is 23.1 Å². The van der Waals surface area contributed by atoms with Crippen molar-refractivity contribution in [2.24, 2.45) is 0 Å². The molecule has 23 heavy (non-hydrogen) atoms. The summed E-state index contributed by atoms with van der Waals surface area (Å²) in [6.07, 6.45) is 1.51. The minimum Gasteiger partial charge on any atom is -0.462 e. The summed E-state index contributed by atoms with van der Waals surface area (Å²) in [7, 11) is -2.10. The maximum absolute atomic E-state index is 13.8. The summed E-state index contributed by atoms with van der Waals surface area (Å²) in [5.41, 5.74) is -0.102. The first kappa shape index (κ1) is 17.8. The Morgan fingerprint density at radius 1 is 1.43 bits per heavy atom. The van der Waals surface area contributed by atoms with Crippen LogP contribution in [0.3, 0.4) is 0 Å². The molecule has 0 radical (unpaired) electrons. The fourth-order valence-corrected chi connectivity index (χ4v) is 4.49. The largest absolute Gasteiger partial charge is 0.462 e. The third kappa shape index (κ3) is 3.88. The van der Waals surface area contributed by atoms with Crippen molar-refractivity contribution in [3.8, 4) is 0 Å². The average Bonchev–Trinajstić information content (AvgIpc) is 2.96. The smallest absolute Gasteiger partial charge is 0.338 e. The number of rotatable bonds is 6. The lowest BCUT2D eigenvalue weighted by Crippen LogP contribution is -2.40. The first-order valence-electron chi connectivity index (χ1n) is 7.54. The highest BCUT2D eigenvalue weighted by Gasteiger charge is 2.35. The Kier molecular flexibility index (Phi) is 5.72. The van der Waals surface area contributed by atoms with E-state index in [9.17, 15) is 17.6 Å². The number of hydrogen-bond acceptors (Lipinski definition) is 5. The number of ether oxygens (including phenoxy) is 1. The van der Waals surface area contributed by atoms with Gasteiger partial charge < -0.3 is 10.1 Å². The molecule has 2 rings (SSSR count). The Balaban J connectivity index is 2.38. The molecule has 1 aromatic rings. The van der Waals surface area contributed by atoms with E-state index in [0.29, 0.717) is 13.1 Å². The first-order chi connectivity index (χ1) is 10.9. The number of sulfonamides is 1. The fraction of sp³-hybridized carbons (Fsp3) is 0.533. The highest BCUT2D eigenvalue weighted by Crippen LogP contribution is 2.27. The quantitative estimate of drug-likeness (QED) is 0.789. The predicted octanol–water partition coefficient (Wildman–Crippen LogP) is 1.37. The Bertz CT molecular complexity index is 678. The number of nitrogens with zero attached hydrogens (tertiary/aromatic N) is 1. The van der Waals surface area contributed by atoms with Gasteiger partial charge in [0.1, 0.15) is 5.82 Å². The first-order valence-corrected chi connectivity index (χ1v) is 8.98. The summed E-state index contributed by atoms with van der Waals surface area (Å²) in [6, 6.07) is 2.92. The van der Waals surface area contributed by atoms with Crippen molar-refractivity contribution in [2.45, 2.75) is 30.7 Å². The number of esters is 1. The summed E-state index contributed by atoms with van der Waals surface area (Å²) in [5.74, 6) is -1.52. The average molecular weight is 344 g/mol. The van der Waals surface area contributed by atoms with Crippen LogP contribution in [-0.2, 0) is 14.8 Å². The minimum atomic E-state index is -3.86. The molecule has 1 saturated heterocycles. The van der Waals surface area contributed by atoms with E-state index >= 15 is 0 Å². The van der Waals surface area contributed by atoms with Crippen molar-refractivity contribution in [3.05, 3.63) is 29.6 Å². The van der Waals surface area contributed by atoms with Gasteiger partial charge in [0.15, 0.2) is 0 Å². The zero-order chi connectivity index (χ0) is 17.0. The molecule has 1 N–H and O–H groups in total. The third-order valence-electron chi connectivity index (χ3n) is 3.75. The van der Waals surface area contributed by atoms with Crippen molar-refractivity contribution in [2.75, 3.05) is 26.7 Å². The van der Waals surface area contributed by atoms with Gasteiger partial charge in [0.2, 0.25) is 10.0 Å². The van der Waals surface area contributed by atoms with Crippen molar-refractivity contribution in [3.63, 3.8) is 0 Å². The van der Waals surface area contributed by atoms with Crippen molar-refractivity contribution >= 4 is 16.0 Å². The Labute approximate surface area is 135 Å². The lowest BCUT2D eigenvalue weighted by atomic mass is 10.2. The van der Waals surface area contributed by atoms with Gasteiger partial charge in [0.05, 0.1) is 17.1 Å². The Hall–Kier alpha value is -1.51. The molecule has 1 unspecified atom stereocenters. The summed E-state index contributed by atoms with van der Waals surface area (Å²) in [6.45, 7) is 2.68. The second kappa shape index (κ2) is 7.37. The van der Waals surface area contributed by atoms with Gasteiger partial charge in [-0.15, -0.1) is 0 Å². The van der Waals surface area contributed by atoms with Gasteiger partial charge >= 0.3 is 5.97 Å². The van der Waals surface area contributed by atoms with Crippen LogP contribution < -0.4 is 5.32 Å². The van der Waals surface area contributed by atoms with Gasteiger partial charge in [-0.2, -0.15) is 4.31 Å². The number of halogens is 1. The number of likely N-dealkylation sites (N-methyl/N-ethyl adjacent to an activating group) is 1. The lowest BCUT2D eigenvalue weighted by molar-refractivity contribution is 0.0525. The van der Waals surface area contributed by atoms with E-state index in [2.05, 4.69) is 5.32 Å².